The van der Waals surface area contributed by atoms with Gasteiger partial charge in [0.1, 0.15) is 0 Å². The number of nitrogens with two attached hydrogens (primary N) is 1. The number of benzene rings is 1. The van der Waals surface area contributed by atoms with Crippen molar-refractivity contribution in [3.05, 3.63) is 30.0 Å². The summed E-state index contributed by atoms with van der Waals surface area (Å²) in [5, 5.41) is 8.03. The summed E-state index contributed by atoms with van der Waals surface area (Å²) in [5.74, 6) is 0.385. The first-order valence-corrected chi connectivity index (χ1v) is 7.62. The van der Waals surface area contributed by atoms with Crippen LogP contribution in [0.1, 0.15) is 36.2 Å². The highest BCUT2D eigenvalue weighted by Crippen LogP contribution is 2.28. The molecule has 0 aliphatic heterocycles. The van der Waals surface area contributed by atoms with Crippen LogP contribution in [0.5, 0.6) is 0 Å². The van der Waals surface area contributed by atoms with Crippen molar-refractivity contribution in [1.29, 1.82) is 0 Å². The highest BCUT2D eigenvalue weighted by Gasteiger charge is 2.31. The third-order valence-electron chi connectivity index (χ3n) is 4.66. The van der Waals surface area contributed by atoms with Crippen LogP contribution in [0.3, 0.4) is 0 Å². The Morgan fingerprint density at radius 3 is 2.95 bits per heavy atom. The van der Waals surface area contributed by atoms with Gasteiger partial charge in [-0.15, -0.1) is 0 Å². The minimum absolute atomic E-state index is 0.0159. The minimum atomic E-state index is -0.0159. The maximum absolute atomic E-state index is 12.8. The minimum Gasteiger partial charge on any atom is -0.337 e. The van der Waals surface area contributed by atoms with Crippen LogP contribution < -0.4 is 5.73 Å². The predicted molar refractivity (Wildman–Crippen MR) is 83.0 cm³/mol. The number of aromatic amines is 1. The van der Waals surface area contributed by atoms with Crippen LogP contribution in [0.4, 0.5) is 0 Å². The lowest BCUT2D eigenvalue weighted by Gasteiger charge is -2.37. The first kappa shape index (κ1) is 14.1. The first-order valence-electron chi connectivity index (χ1n) is 7.62. The molecule has 1 amide bonds. The number of aromatic nitrogens is 2. The summed E-state index contributed by atoms with van der Waals surface area (Å²) in [6, 6.07) is 7.96. The Kier molecular flexibility index (Phi) is 3.92. The van der Waals surface area contributed by atoms with Gasteiger partial charge in [0, 0.05) is 18.5 Å². The molecule has 1 aromatic heterocycles. The van der Waals surface area contributed by atoms with Gasteiger partial charge >= 0.3 is 0 Å². The van der Waals surface area contributed by atoms with Gasteiger partial charge in [0.2, 0.25) is 0 Å². The molecule has 1 aromatic carbocycles. The SMILES string of the molecule is CN(C(=O)c1n[nH]c2ccccc12)C1CCCCC1CN. The van der Waals surface area contributed by atoms with Crippen molar-refractivity contribution in [3.63, 3.8) is 0 Å². The van der Waals surface area contributed by atoms with Crippen molar-refractivity contribution in [2.75, 3.05) is 13.6 Å². The van der Waals surface area contributed by atoms with Gasteiger partial charge in [0.25, 0.3) is 5.91 Å². The molecule has 1 fully saturated rings. The number of carbonyl (C=O) groups excluding carboxylic acids is 1. The summed E-state index contributed by atoms with van der Waals surface area (Å²) < 4.78 is 0. The third kappa shape index (κ3) is 2.53. The van der Waals surface area contributed by atoms with Crippen LogP contribution >= 0.6 is 0 Å². The van der Waals surface area contributed by atoms with Crippen LogP contribution in [0, 0.1) is 5.92 Å². The van der Waals surface area contributed by atoms with Gasteiger partial charge in [-0.2, -0.15) is 5.10 Å². The summed E-state index contributed by atoms with van der Waals surface area (Å²) in [4.78, 5) is 14.6. The number of nitrogens with one attached hydrogen (secondary N) is 1. The van der Waals surface area contributed by atoms with Crippen molar-refractivity contribution in [1.82, 2.24) is 15.1 Å². The van der Waals surface area contributed by atoms with Gasteiger partial charge in [0.05, 0.1) is 5.52 Å². The molecule has 0 saturated heterocycles. The van der Waals surface area contributed by atoms with Crippen molar-refractivity contribution in [3.8, 4) is 0 Å². The quantitative estimate of drug-likeness (QED) is 0.908. The second-order valence-corrected chi connectivity index (χ2v) is 5.88. The van der Waals surface area contributed by atoms with E-state index in [1.807, 2.05) is 36.2 Å². The first-order chi connectivity index (χ1) is 10.2. The molecule has 3 N–H and O–H groups in total. The van der Waals surface area contributed by atoms with E-state index >= 15 is 0 Å². The molecular formula is C16H22N4O. The second kappa shape index (κ2) is 5.85. The van der Waals surface area contributed by atoms with E-state index in [1.54, 1.807) is 0 Å². The van der Waals surface area contributed by atoms with Gasteiger partial charge < -0.3 is 10.6 Å². The molecule has 2 atom stereocenters. The summed E-state index contributed by atoms with van der Waals surface area (Å²) in [5.41, 5.74) is 7.29. The van der Waals surface area contributed by atoms with Gasteiger partial charge in [-0.05, 0) is 31.4 Å². The van der Waals surface area contributed by atoms with Gasteiger partial charge in [-0.1, -0.05) is 31.0 Å². The predicted octanol–water partition coefficient (Wildman–Crippen LogP) is 2.15. The zero-order valence-electron chi connectivity index (χ0n) is 12.4. The molecular weight excluding hydrogens is 264 g/mol. The lowest BCUT2D eigenvalue weighted by molar-refractivity contribution is 0.0616. The molecule has 0 bridgehead atoms. The van der Waals surface area contributed by atoms with Crippen molar-refractivity contribution in [2.24, 2.45) is 11.7 Å². The Hall–Kier alpha value is -1.88. The third-order valence-corrected chi connectivity index (χ3v) is 4.66. The number of rotatable bonds is 3. The second-order valence-electron chi connectivity index (χ2n) is 5.88. The normalized spacial score (nSPS) is 22.4. The van der Waals surface area contributed by atoms with Crippen molar-refractivity contribution in [2.45, 2.75) is 31.7 Å². The molecule has 112 valence electrons. The molecule has 2 aromatic rings. The van der Waals surface area contributed by atoms with E-state index in [9.17, 15) is 4.79 Å². The fraction of sp³-hybridized carbons (Fsp3) is 0.500. The fourth-order valence-corrected chi connectivity index (χ4v) is 3.42. The summed E-state index contributed by atoms with van der Waals surface area (Å²) in [7, 11) is 1.88. The molecule has 3 rings (SSSR count). The Bertz CT molecular complexity index is 636. The standard InChI is InChI=1S/C16H22N4O/c1-20(14-9-5-2-6-11(14)10-17)16(21)15-12-7-3-4-8-13(12)18-19-15/h3-4,7-8,11,14H,2,5-6,9-10,17H2,1H3,(H,18,19). The zero-order chi connectivity index (χ0) is 14.8. The van der Waals surface area contributed by atoms with E-state index in [0.717, 1.165) is 23.7 Å². The number of carbonyl (C=O) groups is 1. The summed E-state index contributed by atoms with van der Waals surface area (Å²) >= 11 is 0. The van der Waals surface area contributed by atoms with Gasteiger partial charge in [-0.25, -0.2) is 0 Å². The molecule has 1 aliphatic carbocycles. The van der Waals surface area contributed by atoms with Crippen molar-refractivity contribution >= 4 is 16.8 Å². The number of fused-ring (bicyclic) bond motifs is 1. The topological polar surface area (TPSA) is 75.0 Å². The van der Waals surface area contributed by atoms with Crippen LogP contribution in [0.15, 0.2) is 24.3 Å². The van der Waals surface area contributed by atoms with E-state index in [0.29, 0.717) is 18.2 Å². The van der Waals surface area contributed by atoms with Gasteiger partial charge in [0.15, 0.2) is 5.69 Å². The molecule has 1 saturated carbocycles. The molecule has 1 aliphatic rings. The Labute approximate surface area is 124 Å². The fourth-order valence-electron chi connectivity index (χ4n) is 3.42. The van der Waals surface area contributed by atoms with E-state index in [2.05, 4.69) is 10.2 Å². The zero-order valence-corrected chi connectivity index (χ0v) is 12.4. The molecule has 1 heterocycles. The van der Waals surface area contributed by atoms with E-state index in [4.69, 9.17) is 5.73 Å². The number of hydrogen-bond acceptors (Lipinski definition) is 3. The number of H-pyrrole nitrogens is 1. The van der Waals surface area contributed by atoms with Gasteiger partial charge in [-0.3, -0.25) is 9.89 Å². The van der Waals surface area contributed by atoms with Crippen LogP contribution in [-0.2, 0) is 0 Å². The molecule has 5 heteroatoms. The average molecular weight is 286 g/mol. The number of nitrogens with zero attached hydrogens (tertiary/aromatic N) is 2. The van der Waals surface area contributed by atoms with E-state index in [1.165, 1.54) is 12.8 Å². The molecule has 5 nitrogen and oxygen atoms in total. The molecule has 2 unspecified atom stereocenters. The highest BCUT2D eigenvalue weighted by atomic mass is 16.2. The Balaban J connectivity index is 1.87. The van der Waals surface area contributed by atoms with Crippen molar-refractivity contribution < 1.29 is 4.79 Å². The average Bonchev–Trinajstić information content (AvgIpc) is 2.97. The monoisotopic (exact) mass is 286 g/mol. The highest BCUT2D eigenvalue weighted by molar-refractivity contribution is 6.04. The molecule has 21 heavy (non-hydrogen) atoms. The van der Waals surface area contributed by atoms with E-state index < -0.39 is 0 Å². The largest absolute Gasteiger partial charge is 0.337 e. The number of para-hydroxylation sites is 1. The smallest absolute Gasteiger partial charge is 0.274 e. The summed E-state index contributed by atoms with van der Waals surface area (Å²) in [6.45, 7) is 0.642. The molecule has 0 spiro atoms. The van der Waals surface area contributed by atoms with Crippen LogP contribution in [0.25, 0.3) is 10.9 Å². The number of amides is 1. The summed E-state index contributed by atoms with van der Waals surface area (Å²) in [6.07, 6.45) is 4.53. The van der Waals surface area contributed by atoms with Crippen LogP contribution in [-0.4, -0.2) is 40.6 Å². The lowest BCUT2D eigenvalue weighted by Crippen LogP contribution is -2.46. The number of hydrogen-bond donors (Lipinski definition) is 2. The maximum atomic E-state index is 12.8. The Morgan fingerprint density at radius 2 is 2.14 bits per heavy atom. The lowest BCUT2D eigenvalue weighted by atomic mass is 9.83. The maximum Gasteiger partial charge on any atom is 0.274 e. The molecule has 0 radical (unpaired) electrons. The van der Waals surface area contributed by atoms with E-state index in [-0.39, 0.29) is 11.9 Å². The Morgan fingerprint density at radius 1 is 1.38 bits per heavy atom. The van der Waals surface area contributed by atoms with Crippen LogP contribution in [0.2, 0.25) is 0 Å².